The van der Waals surface area contributed by atoms with Gasteiger partial charge in [-0.2, -0.15) is 11.3 Å². The molecule has 0 radical (unpaired) electrons. The van der Waals surface area contributed by atoms with E-state index < -0.39 is 11.9 Å². The van der Waals surface area contributed by atoms with Crippen molar-refractivity contribution < 1.29 is 19.1 Å². The van der Waals surface area contributed by atoms with Crippen molar-refractivity contribution in [2.24, 2.45) is 5.73 Å². The van der Waals surface area contributed by atoms with Gasteiger partial charge in [0.25, 0.3) is 11.8 Å². The molecule has 0 saturated carbocycles. The third kappa shape index (κ3) is 4.39. The second-order valence-corrected chi connectivity index (χ2v) is 8.20. The number of ether oxygens (including phenoxy) is 1. The summed E-state index contributed by atoms with van der Waals surface area (Å²) >= 11 is 2.51. The number of carbonyl (C=O) groups is 3. The van der Waals surface area contributed by atoms with Gasteiger partial charge in [-0.3, -0.25) is 9.59 Å². The van der Waals surface area contributed by atoms with Gasteiger partial charge in [-0.1, -0.05) is 23.5 Å². The maximum atomic E-state index is 12.3. The van der Waals surface area contributed by atoms with Crippen molar-refractivity contribution in [3.8, 4) is 0 Å². The number of benzene rings is 2. The lowest BCUT2D eigenvalue weighted by molar-refractivity contribution is 0.0600. The highest BCUT2D eigenvalue weighted by atomic mass is 32.1. The van der Waals surface area contributed by atoms with Gasteiger partial charge in [0.2, 0.25) is 0 Å². The zero-order chi connectivity index (χ0) is 22.0. The first-order valence-electron chi connectivity index (χ1n) is 8.98. The Morgan fingerprint density at radius 1 is 1.03 bits per heavy atom. The van der Waals surface area contributed by atoms with Crippen LogP contribution in [0.25, 0.3) is 10.8 Å². The zero-order valence-corrected chi connectivity index (χ0v) is 17.8. The third-order valence-electron chi connectivity index (χ3n) is 4.38. The smallest absolute Gasteiger partial charge is 0.337 e. The van der Waals surface area contributed by atoms with Crippen LogP contribution in [-0.4, -0.2) is 29.9 Å². The predicted molar refractivity (Wildman–Crippen MR) is 121 cm³/mol. The van der Waals surface area contributed by atoms with Gasteiger partial charge in [0.05, 0.1) is 18.2 Å². The summed E-state index contributed by atoms with van der Waals surface area (Å²) in [5.74, 6) is -1.48. The number of esters is 1. The monoisotopic (exact) mass is 452 g/mol. The molecule has 10 heteroatoms. The summed E-state index contributed by atoms with van der Waals surface area (Å²) < 4.78 is 4.75. The average Bonchev–Trinajstić information content (AvgIpc) is 3.43. The van der Waals surface area contributed by atoms with Crippen LogP contribution in [0.1, 0.15) is 31.2 Å². The fraction of sp³-hybridized carbons (Fsp3) is 0.0476. The van der Waals surface area contributed by atoms with E-state index in [9.17, 15) is 14.4 Å². The Labute approximate surface area is 184 Å². The Morgan fingerprint density at radius 3 is 2.52 bits per heavy atom. The summed E-state index contributed by atoms with van der Waals surface area (Å²) in [6.07, 6.45) is 0. The quantitative estimate of drug-likeness (QED) is 0.376. The number of nitrogens with one attached hydrogen (secondary N) is 2. The number of methoxy groups -OCH3 is 1. The summed E-state index contributed by atoms with van der Waals surface area (Å²) in [7, 11) is 1.34. The molecule has 0 aliphatic carbocycles. The number of thiophene rings is 1. The van der Waals surface area contributed by atoms with Crippen LogP contribution in [0.5, 0.6) is 0 Å². The molecule has 0 saturated heterocycles. The first-order chi connectivity index (χ1) is 14.9. The van der Waals surface area contributed by atoms with E-state index in [0.29, 0.717) is 16.3 Å². The Bertz CT molecular complexity index is 1300. The fourth-order valence-electron chi connectivity index (χ4n) is 2.89. The van der Waals surface area contributed by atoms with Crippen molar-refractivity contribution in [1.29, 1.82) is 0 Å². The van der Waals surface area contributed by atoms with Crippen molar-refractivity contribution in [2.45, 2.75) is 0 Å². The lowest BCUT2D eigenvalue weighted by Gasteiger charge is -2.06. The summed E-state index contributed by atoms with van der Waals surface area (Å²) in [6, 6.07) is 12.5. The molecule has 4 rings (SSSR count). The highest BCUT2D eigenvalue weighted by Crippen LogP contribution is 2.32. The van der Waals surface area contributed by atoms with Gasteiger partial charge in [0.1, 0.15) is 5.00 Å². The summed E-state index contributed by atoms with van der Waals surface area (Å²) in [4.78, 5) is 40.0. The predicted octanol–water partition coefficient (Wildman–Crippen LogP) is 4.24. The number of hydrogen-bond acceptors (Lipinski definition) is 8. The molecular formula is C21H16N4O4S2. The van der Waals surface area contributed by atoms with E-state index in [1.165, 1.54) is 18.4 Å². The number of fused-ring (bicyclic) bond motifs is 1. The maximum absolute atomic E-state index is 12.3. The van der Waals surface area contributed by atoms with Gasteiger partial charge in [-0.25, -0.2) is 9.78 Å². The van der Waals surface area contributed by atoms with Crippen molar-refractivity contribution in [3.63, 3.8) is 0 Å². The molecule has 0 atom stereocenters. The molecule has 0 fully saturated rings. The second kappa shape index (κ2) is 8.54. The van der Waals surface area contributed by atoms with Crippen LogP contribution < -0.4 is 16.4 Å². The molecule has 0 aliphatic rings. The Hall–Kier alpha value is -3.76. The number of hydrogen-bond donors (Lipinski definition) is 3. The zero-order valence-electron chi connectivity index (χ0n) is 16.2. The number of rotatable bonds is 6. The number of aromatic nitrogens is 1. The van der Waals surface area contributed by atoms with E-state index in [-0.39, 0.29) is 16.6 Å². The number of primary amides is 1. The summed E-state index contributed by atoms with van der Waals surface area (Å²) in [6.45, 7) is 0. The van der Waals surface area contributed by atoms with Crippen molar-refractivity contribution in [1.82, 2.24) is 4.98 Å². The minimum atomic E-state index is -0.737. The molecule has 31 heavy (non-hydrogen) atoms. The minimum Gasteiger partial charge on any atom is -0.465 e. The number of amides is 2. The van der Waals surface area contributed by atoms with Gasteiger partial charge in [-0.15, -0.1) is 0 Å². The summed E-state index contributed by atoms with van der Waals surface area (Å²) in [5, 5.41) is 11.8. The van der Waals surface area contributed by atoms with Crippen LogP contribution in [0.2, 0.25) is 0 Å². The van der Waals surface area contributed by atoms with Gasteiger partial charge >= 0.3 is 5.97 Å². The molecule has 0 unspecified atom stereocenters. The third-order valence-corrected chi connectivity index (χ3v) is 5.95. The Morgan fingerprint density at radius 2 is 1.81 bits per heavy atom. The highest BCUT2D eigenvalue weighted by Gasteiger charge is 2.19. The van der Waals surface area contributed by atoms with Crippen LogP contribution in [0.15, 0.2) is 53.2 Å². The lowest BCUT2D eigenvalue weighted by Crippen LogP contribution is -2.17. The average molecular weight is 453 g/mol. The molecule has 2 heterocycles. The molecule has 4 aromatic rings. The summed E-state index contributed by atoms with van der Waals surface area (Å²) in [5.41, 5.74) is 7.09. The fourth-order valence-corrected chi connectivity index (χ4v) is 4.41. The number of nitrogens with two attached hydrogens (primary N) is 1. The van der Waals surface area contributed by atoms with Crippen molar-refractivity contribution in [3.05, 3.63) is 70.0 Å². The molecule has 2 aromatic carbocycles. The molecule has 156 valence electrons. The first kappa shape index (κ1) is 20.5. The van der Waals surface area contributed by atoms with E-state index >= 15 is 0 Å². The normalized spacial score (nSPS) is 10.6. The number of anilines is 3. The topological polar surface area (TPSA) is 123 Å². The van der Waals surface area contributed by atoms with Gasteiger partial charge < -0.3 is 21.1 Å². The molecule has 4 N–H and O–H groups in total. The van der Waals surface area contributed by atoms with E-state index in [1.54, 1.807) is 29.0 Å². The molecule has 2 amide bonds. The van der Waals surface area contributed by atoms with E-state index in [0.717, 1.165) is 27.8 Å². The molecule has 2 aromatic heterocycles. The van der Waals surface area contributed by atoms with Crippen LogP contribution >= 0.6 is 22.7 Å². The van der Waals surface area contributed by atoms with Crippen LogP contribution in [0.3, 0.4) is 0 Å². The minimum absolute atomic E-state index is 0.0143. The molecule has 0 bridgehead atoms. The van der Waals surface area contributed by atoms with Crippen molar-refractivity contribution >= 4 is 67.0 Å². The van der Waals surface area contributed by atoms with Crippen LogP contribution in [-0.2, 0) is 4.74 Å². The molecule has 8 nitrogen and oxygen atoms in total. The van der Waals surface area contributed by atoms with E-state index in [1.807, 2.05) is 24.3 Å². The Balaban J connectivity index is 1.58. The molecule has 0 spiro atoms. The first-order valence-corrected chi connectivity index (χ1v) is 10.7. The Kier molecular flexibility index (Phi) is 5.65. The van der Waals surface area contributed by atoms with E-state index in [2.05, 4.69) is 15.6 Å². The van der Waals surface area contributed by atoms with Gasteiger partial charge in [-0.05, 0) is 46.5 Å². The number of thiazole rings is 1. The van der Waals surface area contributed by atoms with Crippen molar-refractivity contribution in [2.75, 3.05) is 17.7 Å². The van der Waals surface area contributed by atoms with Crippen LogP contribution in [0.4, 0.5) is 15.8 Å². The van der Waals surface area contributed by atoms with E-state index in [4.69, 9.17) is 10.5 Å². The van der Waals surface area contributed by atoms with Gasteiger partial charge in [0.15, 0.2) is 10.8 Å². The van der Waals surface area contributed by atoms with Crippen LogP contribution in [0, 0.1) is 0 Å². The maximum Gasteiger partial charge on any atom is 0.337 e. The molecular weight excluding hydrogens is 436 g/mol. The standard InChI is InChI=1S/C21H16N4O4S2/c1-29-20(28)13-3-2-12-9-15(5-4-11(12)8-13)23-21-24-16(17(22)26)19(31-21)25-18(27)14-6-7-30-10-14/h2-10H,1H3,(H2,22,26)(H,23,24)(H,25,27). The number of carbonyl (C=O) groups excluding carboxylic acids is 3. The second-order valence-electron chi connectivity index (χ2n) is 6.42. The largest absolute Gasteiger partial charge is 0.465 e. The number of nitrogens with zero attached hydrogens (tertiary/aromatic N) is 1. The SMILES string of the molecule is COC(=O)c1ccc2cc(Nc3nc(C(N)=O)c(NC(=O)c4ccsc4)s3)ccc2c1. The molecule has 0 aliphatic heterocycles. The lowest BCUT2D eigenvalue weighted by atomic mass is 10.1. The van der Waals surface area contributed by atoms with Gasteiger partial charge in [0, 0.05) is 11.1 Å². The highest BCUT2D eigenvalue weighted by molar-refractivity contribution is 7.20.